The van der Waals surface area contributed by atoms with Gasteiger partial charge in [-0.25, -0.2) is 0 Å². The topological polar surface area (TPSA) is 17.1 Å². The van der Waals surface area contributed by atoms with Gasteiger partial charge in [0.2, 0.25) is 0 Å². The Labute approximate surface area is 94.3 Å². The summed E-state index contributed by atoms with van der Waals surface area (Å²) in [7, 11) is 0. The maximum Gasteiger partial charge on any atom is 0.159 e. The maximum atomic E-state index is 11.1. The number of ketones is 1. The lowest BCUT2D eigenvalue weighted by molar-refractivity contribution is -0.113. The van der Waals surface area contributed by atoms with E-state index >= 15 is 0 Å². The van der Waals surface area contributed by atoms with Crippen LogP contribution >= 0.6 is 0 Å². The van der Waals surface area contributed by atoms with Gasteiger partial charge in [-0.1, -0.05) is 51.2 Å². The predicted molar refractivity (Wildman–Crippen MR) is 67.0 cm³/mol. The Morgan fingerprint density at radius 2 is 1.80 bits per heavy atom. The van der Waals surface area contributed by atoms with E-state index in [0.29, 0.717) is 6.42 Å². The van der Waals surface area contributed by atoms with E-state index < -0.39 is 0 Å². The molecule has 0 amide bonds. The molecule has 0 bridgehead atoms. The van der Waals surface area contributed by atoms with E-state index in [1.54, 1.807) is 12.2 Å². The molecule has 0 heterocycles. The van der Waals surface area contributed by atoms with Gasteiger partial charge in [0.25, 0.3) is 0 Å². The summed E-state index contributed by atoms with van der Waals surface area (Å²) in [6, 6.07) is 0. The second kappa shape index (κ2) is 11.2. The molecule has 0 saturated heterocycles. The summed E-state index contributed by atoms with van der Waals surface area (Å²) < 4.78 is 0. The van der Waals surface area contributed by atoms with Crippen LogP contribution in [0, 0.1) is 0 Å². The molecule has 0 rings (SSSR count). The molecule has 0 unspecified atom stereocenters. The highest BCUT2D eigenvalue weighted by atomic mass is 16.1. The summed E-state index contributed by atoms with van der Waals surface area (Å²) in [5, 5.41) is 0. The molecule has 0 spiro atoms. The fourth-order valence-corrected chi connectivity index (χ4v) is 1.47. The molecule has 0 atom stereocenters. The Balaban J connectivity index is 3.22. The van der Waals surface area contributed by atoms with Crippen molar-refractivity contribution in [3.05, 3.63) is 24.8 Å². The second-order valence-electron chi connectivity index (χ2n) is 3.92. The van der Waals surface area contributed by atoms with Crippen LogP contribution in [0.15, 0.2) is 24.8 Å². The Kier molecular flexibility index (Phi) is 10.6. The summed E-state index contributed by atoms with van der Waals surface area (Å²) in [5.74, 6) is 0.163. The summed E-state index contributed by atoms with van der Waals surface area (Å²) in [6.07, 6.45) is 14.7. The van der Waals surface area contributed by atoms with Crippen molar-refractivity contribution >= 4 is 5.78 Å². The van der Waals surface area contributed by atoms with Gasteiger partial charge in [-0.15, -0.1) is 6.58 Å². The number of unbranched alkanes of at least 4 members (excludes halogenated alkanes) is 6. The van der Waals surface area contributed by atoms with Gasteiger partial charge >= 0.3 is 0 Å². The van der Waals surface area contributed by atoms with Crippen LogP contribution in [-0.4, -0.2) is 5.78 Å². The summed E-state index contributed by atoms with van der Waals surface area (Å²) in [6.45, 7) is 5.76. The highest BCUT2D eigenvalue weighted by molar-refractivity contribution is 5.90. The molecule has 0 N–H and O–H groups in total. The molecule has 0 aliphatic heterocycles. The smallest absolute Gasteiger partial charge is 0.159 e. The number of carbonyl (C=O) groups is 1. The van der Waals surface area contributed by atoms with Crippen molar-refractivity contribution in [2.24, 2.45) is 0 Å². The quantitative estimate of drug-likeness (QED) is 0.295. The van der Waals surface area contributed by atoms with E-state index in [4.69, 9.17) is 0 Å². The van der Waals surface area contributed by atoms with E-state index in [1.807, 2.05) is 6.08 Å². The molecular formula is C14H24O. The van der Waals surface area contributed by atoms with Gasteiger partial charge in [0.1, 0.15) is 0 Å². The molecular weight excluding hydrogens is 184 g/mol. The van der Waals surface area contributed by atoms with E-state index in [2.05, 4.69) is 13.5 Å². The van der Waals surface area contributed by atoms with Crippen molar-refractivity contribution in [1.82, 2.24) is 0 Å². The molecule has 0 aromatic carbocycles. The van der Waals surface area contributed by atoms with E-state index in [-0.39, 0.29) is 5.78 Å². The first-order valence-corrected chi connectivity index (χ1v) is 6.11. The van der Waals surface area contributed by atoms with E-state index in [9.17, 15) is 4.79 Å². The molecule has 0 aromatic heterocycles. The normalized spacial score (nSPS) is 10.7. The Hall–Kier alpha value is -0.850. The van der Waals surface area contributed by atoms with Gasteiger partial charge in [0.05, 0.1) is 0 Å². The van der Waals surface area contributed by atoms with Crippen molar-refractivity contribution < 1.29 is 4.79 Å². The van der Waals surface area contributed by atoms with E-state index in [1.165, 1.54) is 38.5 Å². The van der Waals surface area contributed by atoms with Crippen molar-refractivity contribution in [2.45, 2.75) is 58.3 Å². The molecule has 1 nitrogen and oxygen atoms in total. The SMILES string of the molecule is C=CCC(=O)C=CCCCCCCCC. The number of hydrogen-bond donors (Lipinski definition) is 0. The Bertz CT molecular complexity index is 192. The molecule has 0 aliphatic rings. The van der Waals surface area contributed by atoms with Crippen molar-refractivity contribution in [1.29, 1.82) is 0 Å². The monoisotopic (exact) mass is 208 g/mol. The van der Waals surface area contributed by atoms with Crippen LogP contribution in [0.5, 0.6) is 0 Å². The highest BCUT2D eigenvalue weighted by Gasteiger charge is 1.91. The van der Waals surface area contributed by atoms with Crippen molar-refractivity contribution in [3.63, 3.8) is 0 Å². The average Bonchev–Trinajstić information content (AvgIpc) is 2.22. The Morgan fingerprint density at radius 3 is 2.47 bits per heavy atom. The number of carbonyl (C=O) groups excluding carboxylic acids is 1. The molecule has 0 saturated carbocycles. The first-order valence-electron chi connectivity index (χ1n) is 6.11. The first kappa shape index (κ1) is 14.2. The number of hydrogen-bond acceptors (Lipinski definition) is 1. The van der Waals surface area contributed by atoms with Gasteiger partial charge in [-0.3, -0.25) is 4.79 Å². The highest BCUT2D eigenvalue weighted by Crippen LogP contribution is 2.07. The van der Waals surface area contributed by atoms with Crippen LogP contribution in [-0.2, 0) is 4.79 Å². The standard InChI is InChI=1S/C14H24O/c1-3-5-6-7-8-9-10-11-13-14(15)12-4-2/h4,11,13H,2-3,5-10,12H2,1H3. The van der Waals surface area contributed by atoms with Crippen molar-refractivity contribution in [2.75, 3.05) is 0 Å². The van der Waals surface area contributed by atoms with Crippen LogP contribution in [0.2, 0.25) is 0 Å². The minimum Gasteiger partial charge on any atom is -0.295 e. The lowest BCUT2D eigenvalue weighted by atomic mass is 10.1. The molecule has 86 valence electrons. The average molecular weight is 208 g/mol. The molecule has 0 fully saturated rings. The molecule has 0 aliphatic carbocycles. The summed E-state index contributed by atoms with van der Waals surface area (Å²) in [4.78, 5) is 11.1. The largest absolute Gasteiger partial charge is 0.295 e. The summed E-state index contributed by atoms with van der Waals surface area (Å²) >= 11 is 0. The van der Waals surface area contributed by atoms with Crippen LogP contribution in [0.4, 0.5) is 0 Å². The van der Waals surface area contributed by atoms with Gasteiger partial charge in [-0.05, 0) is 18.9 Å². The zero-order valence-corrected chi connectivity index (χ0v) is 10.0. The predicted octanol–water partition coefficient (Wildman–Crippen LogP) is 4.44. The fourth-order valence-electron chi connectivity index (χ4n) is 1.47. The van der Waals surface area contributed by atoms with E-state index in [0.717, 1.165) is 6.42 Å². The number of allylic oxidation sites excluding steroid dienone is 3. The first-order chi connectivity index (χ1) is 7.31. The maximum absolute atomic E-state index is 11.1. The zero-order valence-electron chi connectivity index (χ0n) is 10.0. The van der Waals surface area contributed by atoms with Gasteiger partial charge in [-0.2, -0.15) is 0 Å². The molecule has 0 radical (unpaired) electrons. The zero-order chi connectivity index (χ0) is 11.4. The molecule has 15 heavy (non-hydrogen) atoms. The lowest BCUT2D eigenvalue weighted by Crippen LogP contribution is -1.87. The minimum absolute atomic E-state index is 0.163. The molecule has 0 aromatic rings. The number of rotatable bonds is 10. The fraction of sp³-hybridized carbons (Fsp3) is 0.643. The van der Waals surface area contributed by atoms with Gasteiger partial charge in [0.15, 0.2) is 5.78 Å². The van der Waals surface area contributed by atoms with Crippen LogP contribution in [0.1, 0.15) is 58.3 Å². The van der Waals surface area contributed by atoms with Crippen LogP contribution < -0.4 is 0 Å². The minimum atomic E-state index is 0.163. The lowest BCUT2D eigenvalue weighted by Gasteiger charge is -1.97. The van der Waals surface area contributed by atoms with Gasteiger partial charge < -0.3 is 0 Å². The Morgan fingerprint density at radius 1 is 1.13 bits per heavy atom. The van der Waals surface area contributed by atoms with Crippen LogP contribution in [0.3, 0.4) is 0 Å². The third kappa shape index (κ3) is 11.1. The second-order valence-corrected chi connectivity index (χ2v) is 3.92. The molecule has 1 heteroatoms. The van der Waals surface area contributed by atoms with Crippen molar-refractivity contribution in [3.8, 4) is 0 Å². The summed E-state index contributed by atoms with van der Waals surface area (Å²) in [5.41, 5.74) is 0. The van der Waals surface area contributed by atoms with Gasteiger partial charge in [0, 0.05) is 6.42 Å². The third-order valence-electron chi connectivity index (χ3n) is 2.37. The van der Waals surface area contributed by atoms with Crippen LogP contribution in [0.25, 0.3) is 0 Å². The third-order valence-corrected chi connectivity index (χ3v) is 2.37.